The van der Waals surface area contributed by atoms with Crippen molar-refractivity contribution >= 4 is 82.4 Å². The zero-order valence-electron chi connectivity index (χ0n) is 32.3. The number of aryl methyl sites for hydroxylation is 1. The lowest BCUT2D eigenvalue weighted by Gasteiger charge is -2.27. The number of para-hydroxylation sites is 1. The number of benzene rings is 3. The molecule has 6 rings (SSSR count). The number of carbonyl (C=O) groups excluding carboxylic acids is 5. The van der Waals surface area contributed by atoms with E-state index in [1.807, 2.05) is 43.3 Å². The molecule has 0 aliphatic carbocycles. The molecule has 0 saturated carbocycles. The van der Waals surface area contributed by atoms with Crippen molar-refractivity contribution in [2.24, 2.45) is 0 Å². The van der Waals surface area contributed by atoms with Crippen molar-refractivity contribution in [3.63, 3.8) is 0 Å². The monoisotopic (exact) mass is 814 g/mol. The second-order valence-corrected chi connectivity index (χ2v) is 17.8. The van der Waals surface area contributed by atoms with E-state index >= 15 is 0 Å². The number of hydrogen-bond donors (Lipinski definition) is 4. The van der Waals surface area contributed by atoms with Crippen LogP contribution in [-0.2, 0) is 25.4 Å². The number of carbonyl (C=O) groups is 5. The number of fused-ring (bicyclic) bond motifs is 1. The summed E-state index contributed by atoms with van der Waals surface area (Å²) in [5.41, 5.74) is 4.03. The Hall–Kier alpha value is -5.79. The quantitative estimate of drug-likeness (QED) is 0.0673. The van der Waals surface area contributed by atoms with Gasteiger partial charge in [0.05, 0.1) is 35.8 Å². The molecule has 3 aromatic carbocycles. The molecule has 4 N–H and O–H groups in total. The summed E-state index contributed by atoms with van der Waals surface area (Å²) in [6.07, 6.45) is 2.88. The summed E-state index contributed by atoms with van der Waals surface area (Å²) in [5.74, 6) is -1.16. The maximum absolute atomic E-state index is 13.4. The third-order valence-corrected chi connectivity index (χ3v) is 11.7. The lowest BCUT2D eigenvalue weighted by atomic mass is 10.0. The fourth-order valence-corrected chi connectivity index (χ4v) is 8.10. The van der Waals surface area contributed by atoms with Crippen LogP contribution in [0.5, 0.6) is 5.75 Å². The molecule has 0 radical (unpaired) electrons. The van der Waals surface area contributed by atoms with E-state index < -0.39 is 36.8 Å². The Morgan fingerprint density at radius 2 is 1.79 bits per heavy atom. The predicted molar refractivity (Wildman–Crippen MR) is 219 cm³/mol. The summed E-state index contributed by atoms with van der Waals surface area (Å²) >= 11 is 6.44. The van der Waals surface area contributed by atoms with Gasteiger partial charge in [-0.3, -0.25) is 34.2 Å². The van der Waals surface area contributed by atoms with Gasteiger partial charge in [0.1, 0.15) is 24.0 Å². The van der Waals surface area contributed by atoms with E-state index in [0.29, 0.717) is 64.9 Å². The molecule has 4 aromatic rings. The summed E-state index contributed by atoms with van der Waals surface area (Å²) in [6.45, 7) is 6.20. The van der Waals surface area contributed by atoms with Crippen molar-refractivity contribution < 1.29 is 33.3 Å². The molecular weight excluding hydrogens is 771 g/mol. The molecule has 2 aliphatic heterocycles. The molecule has 0 spiro atoms. The zero-order valence-corrected chi connectivity index (χ0v) is 33.9. The highest BCUT2D eigenvalue weighted by Crippen LogP contribution is 2.39. The van der Waals surface area contributed by atoms with Crippen molar-refractivity contribution in [3.8, 4) is 5.75 Å². The third kappa shape index (κ3) is 9.11. The van der Waals surface area contributed by atoms with Gasteiger partial charge in [0, 0.05) is 44.0 Å². The number of methoxy groups -OCH3 is 1. The predicted octanol–water partition coefficient (Wildman–Crippen LogP) is 5.48. The highest BCUT2D eigenvalue weighted by molar-refractivity contribution is 7.70. The lowest BCUT2D eigenvalue weighted by Crippen LogP contribution is -2.54. The van der Waals surface area contributed by atoms with Gasteiger partial charge in [-0.05, 0) is 87.0 Å². The van der Waals surface area contributed by atoms with Gasteiger partial charge in [0.25, 0.3) is 11.8 Å². The molecule has 2 aliphatic rings. The fourth-order valence-electron chi connectivity index (χ4n) is 6.81. The Labute approximate surface area is 335 Å². The minimum atomic E-state index is -2.58. The van der Waals surface area contributed by atoms with Crippen LogP contribution in [-0.4, -0.2) is 95.9 Å². The number of nitrogens with zero attached hydrogens (tertiary/aromatic N) is 4. The SMILES string of the molecule is COc1cc(CCN(C)C(=O)CCCNc2cccc3c2C(=O)N(C2CCC(=O)NC2=O)C3=O)c(C)cc1Nc1ncc(Cl)c(Nc2ccccc2P(C)(C)=O)n1. The van der Waals surface area contributed by atoms with Gasteiger partial charge >= 0.3 is 0 Å². The van der Waals surface area contributed by atoms with E-state index in [4.69, 9.17) is 16.3 Å². The summed E-state index contributed by atoms with van der Waals surface area (Å²) < 4.78 is 18.6. The van der Waals surface area contributed by atoms with Gasteiger partial charge in [-0.1, -0.05) is 29.8 Å². The average Bonchev–Trinajstić information content (AvgIpc) is 3.43. The Kier molecular flexibility index (Phi) is 12.3. The van der Waals surface area contributed by atoms with Crippen molar-refractivity contribution in [1.82, 2.24) is 25.1 Å². The van der Waals surface area contributed by atoms with Crippen LogP contribution < -0.4 is 31.3 Å². The van der Waals surface area contributed by atoms with E-state index in [-0.39, 0.29) is 42.2 Å². The molecule has 1 aromatic heterocycles. The summed E-state index contributed by atoms with van der Waals surface area (Å²) in [7, 11) is 0.729. The van der Waals surface area contributed by atoms with Crippen molar-refractivity contribution in [2.75, 3.05) is 56.5 Å². The molecule has 1 atom stereocenters. The first-order valence-electron chi connectivity index (χ1n) is 18.4. The van der Waals surface area contributed by atoms with Gasteiger partial charge in [0.2, 0.25) is 23.7 Å². The van der Waals surface area contributed by atoms with Gasteiger partial charge in [-0.25, -0.2) is 4.98 Å². The number of piperidine rings is 1. The number of nitrogens with one attached hydrogen (secondary N) is 4. The highest BCUT2D eigenvalue weighted by Gasteiger charge is 2.45. The van der Waals surface area contributed by atoms with Gasteiger partial charge in [0.15, 0.2) is 5.82 Å². The summed E-state index contributed by atoms with van der Waals surface area (Å²) in [4.78, 5) is 75.1. The van der Waals surface area contributed by atoms with E-state index in [1.165, 1.54) is 12.3 Å². The number of likely N-dealkylation sites (N-methyl/N-ethyl adjacent to an activating group) is 1. The average molecular weight is 815 g/mol. The molecular formula is C40H44ClN8O7P. The molecule has 57 heavy (non-hydrogen) atoms. The number of rotatable bonds is 15. The van der Waals surface area contributed by atoms with Gasteiger partial charge in [-0.15, -0.1) is 0 Å². The molecule has 15 nitrogen and oxygen atoms in total. The van der Waals surface area contributed by atoms with Crippen molar-refractivity contribution in [3.05, 3.63) is 88.1 Å². The van der Waals surface area contributed by atoms with Crippen LogP contribution in [0.1, 0.15) is 57.5 Å². The van der Waals surface area contributed by atoms with Crippen LogP contribution in [0.2, 0.25) is 5.02 Å². The van der Waals surface area contributed by atoms with Crippen molar-refractivity contribution in [2.45, 2.75) is 45.1 Å². The minimum absolute atomic E-state index is 0.0398. The highest BCUT2D eigenvalue weighted by atomic mass is 35.5. The van der Waals surface area contributed by atoms with E-state index in [9.17, 15) is 28.5 Å². The number of aromatic nitrogens is 2. The maximum Gasteiger partial charge on any atom is 0.264 e. The van der Waals surface area contributed by atoms with E-state index in [1.54, 1.807) is 44.5 Å². The first kappa shape index (κ1) is 40.9. The normalized spacial score (nSPS) is 15.3. The minimum Gasteiger partial charge on any atom is -0.495 e. The van der Waals surface area contributed by atoms with Crippen LogP contribution in [0.15, 0.2) is 60.8 Å². The number of halogens is 1. The van der Waals surface area contributed by atoms with Gasteiger partial charge < -0.3 is 30.2 Å². The maximum atomic E-state index is 13.4. The van der Waals surface area contributed by atoms with E-state index in [2.05, 4.69) is 31.2 Å². The van der Waals surface area contributed by atoms with Crippen molar-refractivity contribution in [1.29, 1.82) is 0 Å². The number of anilines is 5. The Bertz CT molecular complexity index is 2320. The Balaban J connectivity index is 1.02. The number of hydrogen-bond acceptors (Lipinski definition) is 12. The third-order valence-electron chi connectivity index (χ3n) is 9.88. The molecule has 1 fully saturated rings. The number of ether oxygens (including phenoxy) is 1. The van der Waals surface area contributed by atoms with E-state index in [0.717, 1.165) is 16.0 Å². The lowest BCUT2D eigenvalue weighted by molar-refractivity contribution is -0.136. The first-order valence-corrected chi connectivity index (χ1v) is 21.3. The van der Waals surface area contributed by atoms with Crippen LogP contribution in [0, 0.1) is 6.92 Å². The molecule has 1 unspecified atom stereocenters. The standard InChI is InChI=1S/C40H44ClN8O7P/c1-23-20-29(45-40-43-22-26(41)36(47-40)44-27-11-6-7-13-32(27)57(4,5)55)31(56-3)21-24(23)17-19-48(2)34(51)14-9-18-42-28-12-8-10-25-35(28)39(54)49(38(25)53)30-15-16-33(50)46-37(30)52/h6-8,10-13,20-22,30,42H,9,14-19H2,1-5H3,(H,46,50,52)(H2,43,44,45,47). The first-order chi connectivity index (χ1) is 27.2. The molecule has 3 heterocycles. The topological polar surface area (TPSA) is 192 Å². The summed E-state index contributed by atoms with van der Waals surface area (Å²) in [6, 6.07) is 15.0. The molecule has 1 saturated heterocycles. The zero-order chi connectivity index (χ0) is 41.0. The second-order valence-electron chi connectivity index (χ2n) is 14.3. The largest absolute Gasteiger partial charge is 0.495 e. The van der Waals surface area contributed by atoms with Crippen LogP contribution in [0.4, 0.5) is 28.8 Å². The molecule has 5 amide bonds. The van der Waals surface area contributed by atoms with Crippen LogP contribution >= 0.6 is 18.7 Å². The van der Waals surface area contributed by atoms with Crippen LogP contribution in [0.25, 0.3) is 0 Å². The fraction of sp³-hybridized carbons (Fsp3) is 0.325. The Morgan fingerprint density at radius 1 is 1.04 bits per heavy atom. The van der Waals surface area contributed by atoms with Crippen LogP contribution in [0.3, 0.4) is 0 Å². The molecule has 17 heteroatoms. The Morgan fingerprint density at radius 3 is 2.53 bits per heavy atom. The number of imide groups is 2. The number of amides is 5. The van der Waals surface area contributed by atoms with Gasteiger partial charge in [-0.2, -0.15) is 4.98 Å². The molecule has 0 bridgehead atoms. The molecule has 298 valence electrons. The second kappa shape index (κ2) is 17.1. The summed E-state index contributed by atoms with van der Waals surface area (Å²) in [5, 5.41) is 12.8. The smallest absolute Gasteiger partial charge is 0.264 e.